The molecule has 0 fully saturated rings. The van der Waals surface area contributed by atoms with Crippen molar-refractivity contribution >= 4 is 5.91 Å². The molecule has 0 spiro atoms. The Kier molecular flexibility index (Phi) is 6.32. The van der Waals surface area contributed by atoms with Gasteiger partial charge in [-0.05, 0) is 37.0 Å². The number of hydrogen-bond acceptors (Lipinski definition) is 5. The van der Waals surface area contributed by atoms with Gasteiger partial charge in [-0.25, -0.2) is 0 Å². The molecular weight excluding hydrogens is 366 g/mol. The zero-order chi connectivity index (χ0) is 21.0. The van der Waals surface area contributed by atoms with Crippen molar-refractivity contribution in [3.05, 3.63) is 65.5 Å². The zero-order valence-corrected chi connectivity index (χ0v) is 17.5. The zero-order valence-electron chi connectivity index (χ0n) is 17.5. The molecule has 0 aliphatic heterocycles. The normalized spacial score (nSPS) is 12.1. The maximum atomic E-state index is 12.8. The van der Waals surface area contributed by atoms with E-state index in [1.807, 2.05) is 43.3 Å². The van der Waals surface area contributed by atoms with Gasteiger partial charge in [-0.15, -0.1) is 0 Å². The first-order chi connectivity index (χ1) is 13.8. The van der Waals surface area contributed by atoms with Gasteiger partial charge in [0.1, 0.15) is 5.75 Å². The molecule has 1 heterocycles. The van der Waals surface area contributed by atoms with Crippen LogP contribution in [0.3, 0.4) is 0 Å². The Labute approximate surface area is 171 Å². The Morgan fingerprint density at radius 2 is 1.86 bits per heavy atom. The fourth-order valence-electron chi connectivity index (χ4n) is 3.08. The van der Waals surface area contributed by atoms with Crippen LogP contribution in [0.25, 0.3) is 11.4 Å². The van der Waals surface area contributed by atoms with Crippen molar-refractivity contribution in [3.63, 3.8) is 0 Å². The van der Waals surface area contributed by atoms with Gasteiger partial charge in [0.15, 0.2) is 6.10 Å². The van der Waals surface area contributed by atoms with Gasteiger partial charge >= 0.3 is 0 Å². The molecule has 0 saturated carbocycles. The summed E-state index contributed by atoms with van der Waals surface area (Å²) in [5, 5.41) is 4.00. The Balaban J connectivity index is 1.66. The summed E-state index contributed by atoms with van der Waals surface area (Å²) in [6.45, 7) is 8.20. The topological polar surface area (TPSA) is 68.5 Å². The quantitative estimate of drug-likeness (QED) is 0.587. The van der Waals surface area contributed by atoms with E-state index < -0.39 is 6.10 Å². The molecule has 2 aromatic carbocycles. The molecule has 3 aromatic rings. The number of rotatable bonds is 7. The third-order valence-electron chi connectivity index (χ3n) is 4.69. The second kappa shape index (κ2) is 8.90. The Morgan fingerprint density at radius 1 is 1.14 bits per heavy atom. The van der Waals surface area contributed by atoms with E-state index in [9.17, 15) is 4.79 Å². The van der Waals surface area contributed by atoms with Crippen LogP contribution in [0.2, 0.25) is 0 Å². The maximum Gasteiger partial charge on any atom is 0.263 e. The van der Waals surface area contributed by atoms with Gasteiger partial charge in [0.2, 0.25) is 11.7 Å². The van der Waals surface area contributed by atoms with Crippen molar-refractivity contribution in [2.45, 2.75) is 46.3 Å². The molecule has 1 aromatic heterocycles. The number of benzene rings is 2. The minimum Gasteiger partial charge on any atom is -0.481 e. The molecule has 6 nitrogen and oxygen atoms in total. The van der Waals surface area contributed by atoms with Crippen LogP contribution in [0.4, 0.5) is 0 Å². The van der Waals surface area contributed by atoms with Crippen molar-refractivity contribution < 1.29 is 14.1 Å². The molecule has 0 radical (unpaired) electrons. The average molecular weight is 393 g/mol. The van der Waals surface area contributed by atoms with Gasteiger partial charge in [-0.1, -0.05) is 61.5 Å². The monoisotopic (exact) mass is 393 g/mol. The molecule has 0 saturated heterocycles. The summed E-state index contributed by atoms with van der Waals surface area (Å²) in [5.41, 5.74) is 3.05. The van der Waals surface area contributed by atoms with Crippen LogP contribution in [0.1, 0.15) is 43.7 Å². The Hall–Kier alpha value is -3.15. The number of amides is 1. The largest absolute Gasteiger partial charge is 0.481 e. The number of ether oxygens (including phenoxy) is 1. The Bertz CT molecular complexity index is 967. The van der Waals surface area contributed by atoms with Crippen LogP contribution in [0.5, 0.6) is 5.75 Å². The maximum absolute atomic E-state index is 12.8. The van der Waals surface area contributed by atoms with E-state index in [0.29, 0.717) is 17.6 Å². The molecule has 0 aliphatic rings. The molecule has 29 heavy (non-hydrogen) atoms. The summed E-state index contributed by atoms with van der Waals surface area (Å²) >= 11 is 0. The van der Waals surface area contributed by atoms with Crippen LogP contribution >= 0.6 is 0 Å². The first kappa shape index (κ1) is 20.6. The van der Waals surface area contributed by atoms with Crippen molar-refractivity contribution in [2.24, 2.45) is 0 Å². The second-order valence-electron chi connectivity index (χ2n) is 7.53. The first-order valence-electron chi connectivity index (χ1n) is 9.75. The van der Waals surface area contributed by atoms with Crippen LogP contribution < -0.4 is 4.74 Å². The highest BCUT2D eigenvalue weighted by atomic mass is 16.5. The first-order valence-corrected chi connectivity index (χ1v) is 9.75. The number of aryl methyl sites for hydroxylation is 1. The van der Waals surface area contributed by atoms with Crippen molar-refractivity contribution in [3.8, 4) is 17.1 Å². The highest BCUT2D eigenvalue weighted by Gasteiger charge is 2.23. The molecule has 6 heteroatoms. The highest BCUT2D eigenvalue weighted by molar-refractivity contribution is 5.80. The predicted molar refractivity (Wildman–Crippen MR) is 112 cm³/mol. The number of hydrogen-bond donors (Lipinski definition) is 0. The van der Waals surface area contributed by atoms with Crippen molar-refractivity contribution in [1.82, 2.24) is 15.0 Å². The van der Waals surface area contributed by atoms with E-state index in [4.69, 9.17) is 9.26 Å². The third kappa shape index (κ3) is 5.02. The third-order valence-corrected chi connectivity index (χ3v) is 4.69. The molecule has 0 N–H and O–H groups in total. The van der Waals surface area contributed by atoms with E-state index in [1.54, 1.807) is 14.0 Å². The number of carbonyl (C=O) groups is 1. The van der Waals surface area contributed by atoms with E-state index >= 15 is 0 Å². The fourth-order valence-corrected chi connectivity index (χ4v) is 3.08. The summed E-state index contributed by atoms with van der Waals surface area (Å²) in [4.78, 5) is 18.7. The van der Waals surface area contributed by atoms with Gasteiger partial charge in [-0.2, -0.15) is 4.98 Å². The lowest BCUT2D eigenvalue weighted by atomic mass is 10.0. The number of nitrogens with zero attached hydrogens (tertiary/aromatic N) is 3. The summed E-state index contributed by atoms with van der Waals surface area (Å²) < 4.78 is 11.3. The summed E-state index contributed by atoms with van der Waals surface area (Å²) in [6.07, 6.45) is -0.629. The van der Waals surface area contributed by atoms with E-state index in [-0.39, 0.29) is 12.5 Å². The molecule has 1 atom stereocenters. The molecule has 0 bridgehead atoms. The molecular formula is C23H27N3O3. The molecule has 0 unspecified atom stereocenters. The molecule has 1 amide bonds. The van der Waals surface area contributed by atoms with Gasteiger partial charge < -0.3 is 14.2 Å². The van der Waals surface area contributed by atoms with E-state index in [1.165, 1.54) is 4.90 Å². The SMILES string of the molecule is Cc1ccc(C(C)C)c(O[C@@H](C)C(=O)N(C)Cc2nc(-c3ccccc3)no2)c1. The smallest absolute Gasteiger partial charge is 0.263 e. The lowest BCUT2D eigenvalue weighted by molar-refractivity contribution is -0.137. The van der Waals surface area contributed by atoms with E-state index in [2.05, 4.69) is 36.1 Å². The predicted octanol–water partition coefficient (Wildman–Crippen LogP) is 4.59. The lowest BCUT2D eigenvalue weighted by Crippen LogP contribution is -2.37. The van der Waals surface area contributed by atoms with Gasteiger partial charge in [0.25, 0.3) is 5.91 Å². The van der Waals surface area contributed by atoms with E-state index in [0.717, 1.165) is 22.4 Å². The summed E-state index contributed by atoms with van der Waals surface area (Å²) in [6, 6.07) is 15.7. The summed E-state index contributed by atoms with van der Waals surface area (Å²) in [5.74, 6) is 1.79. The second-order valence-corrected chi connectivity index (χ2v) is 7.53. The molecule has 152 valence electrons. The van der Waals surface area contributed by atoms with Crippen molar-refractivity contribution in [2.75, 3.05) is 7.05 Å². The van der Waals surface area contributed by atoms with Crippen molar-refractivity contribution in [1.29, 1.82) is 0 Å². The fraction of sp³-hybridized carbons (Fsp3) is 0.348. The number of likely N-dealkylation sites (N-methyl/N-ethyl adjacent to an activating group) is 1. The standard InChI is InChI=1S/C23H27N3O3/c1-15(2)19-12-11-16(3)13-20(19)28-17(4)23(27)26(5)14-21-24-22(25-29-21)18-9-7-6-8-10-18/h6-13,15,17H,14H2,1-5H3/t17-/m0/s1. The number of aromatic nitrogens is 2. The average Bonchev–Trinajstić information content (AvgIpc) is 3.16. The summed E-state index contributed by atoms with van der Waals surface area (Å²) in [7, 11) is 1.70. The highest BCUT2D eigenvalue weighted by Crippen LogP contribution is 2.28. The van der Waals surface area contributed by atoms with Gasteiger partial charge in [0.05, 0.1) is 6.54 Å². The molecule has 3 rings (SSSR count). The van der Waals surface area contributed by atoms with Crippen LogP contribution in [-0.4, -0.2) is 34.1 Å². The van der Waals surface area contributed by atoms with Gasteiger partial charge in [-0.3, -0.25) is 4.79 Å². The van der Waals surface area contributed by atoms with Crippen LogP contribution in [0.15, 0.2) is 53.1 Å². The Morgan fingerprint density at radius 3 is 2.55 bits per heavy atom. The minimum atomic E-state index is -0.629. The van der Waals surface area contributed by atoms with Crippen LogP contribution in [-0.2, 0) is 11.3 Å². The van der Waals surface area contributed by atoms with Gasteiger partial charge in [0, 0.05) is 12.6 Å². The molecule has 0 aliphatic carbocycles. The lowest BCUT2D eigenvalue weighted by Gasteiger charge is -2.23. The minimum absolute atomic E-state index is 0.152. The van der Waals surface area contributed by atoms with Crippen LogP contribution in [0, 0.1) is 6.92 Å². The number of carbonyl (C=O) groups excluding carboxylic acids is 1.